The molecule has 4 aromatic heterocycles. The predicted molar refractivity (Wildman–Crippen MR) is 142 cm³/mol. The van der Waals surface area contributed by atoms with Crippen molar-refractivity contribution in [3.63, 3.8) is 0 Å². The van der Waals surface area contributed by atoms with E-state index >= 15 is 0 Å². The average molecular weight is 521 g/mol. The van der Waals surface area contributed by atoms with Crippen molar-refractivity contribution in [1.82, 2.24) is 29.9 Å². The van der Waals surface area contributed by atoms with Gasteiger partial charge in [-0.2, -0.15) is 5.10 Å². The number of unbranched alkanes of at least 4 members (excludes halogenated alkanes) is 7. The van der Waals surface area contributed by atoms with E-state index in [9.17, 15) is 9.18 Å². The maximum Gasteiger partial charge on any atom is 0.224 e. The van der Waals surface area contributed by atoms with E-state index in [1.807, 2.05) is 0 Å². The maximum absolute atomic E-state index is 14.2. The minimum atomic E-state index is -0.441. The molecule has 4 aromatic rings. The molecular weight excluding hydrogens is 487 g/mol. The fourth-order valence-electron chi connectivity index (χ4n) is 4.12. The Bertz CT molecular complexity index is 1320. The summed E-state index contributed by atoms with van der Waals surface area (Å²) in [6, 6.07) is 6.26. The van der Waals surface area contributed by atoms with E-state index in [4.69, 9.17) is 10.3 Å². The number of nitrogen functional groups attached to an aromatic ring is 1. The smallest absolute Gasteiger partial charge is 0.224 e. The van der Waals surface area contributed by atoms with Gasteiger partial charge in [-0.05, 0) is 24.6 Å². The Morgan fingerprint density at radius 2 is 1.87 bits per heavy atom. The molecule has 200 valence electrons. The number of carbonyl (C=O) groups excluding carboxylic acids is 1. The Morgan fingerprint density at radius 3 is 2.58 bits per heavy atom. The third kappa shape index (κ3) is 7.21. The summed E-state index contributed by atoms with van der Waals surface area (Å²) in [5.74, 6) is -0.168. The van der Waals surface area contributed by atoms with Crippen molar-refractivity contribution in [3.05, 3.63) is 54.4 Å². The highest BCUT2D eigenvalue weighted by Gasteiger charge is 2.18. The van der Waals surface area contributed by atoms with Gasteiger partial charge in [-0.25, -0.2) is 14.4 Å². The van der Waals surface area contributed by atoms with Crippen LogP contribution in [0.5, 0.6) is 0 Å². The lowest BCUT2D eigenvalue weighted by atomic mass is 10.1. The fourth-order valence-corrected chi connectivity index (χ4v) is 4.12. The molecule has 0 atom stereocenters. The number of carbonyl (C=O) groups is 1. The molecule has 1 amide bonds. The van der Waals surface area contributed by atoms with Crippen LogP contribution in [-0.2, 0) is 11.3 Å². The first-order valence-corrected chi connectivity index (χ1v) is 13.1. The Hall–Kier alpha value is -4.15. The summed E-state index contributed by atoms with van der Waals surface area (Å²) in [6.07, 6.45) is 14.2. The average Bonchev–Trinajstić information content (AvgIpc) is 3.58. The lowest BCUT2D eigenvalue weighted by molar-refractivity contribution is -0.116. The number of halogens is 1. The van der Waals surface area contributed by atoms with Crippen LogP contribution in [0.15, 0.2) is 47.4 Å². The quantitative estimate of drug-likeness (QED) is 0.204. The zero-order chi connectivity index (χ0) is 26.7. The molecule has 0 fully saturated rings. The number of hydrogen-bond donors (Lipinski definition) is 2. The first-order valence-electron chi connectivity index (χ1n) is 13.1. The highest BCUT2D eigenvalue weighted by Crippen LogP contribution is 2.26. The normalized spacial score (nSPS) is 11.1. The van der Waals surface area contributed by atoms with Crippen molar-refractivity contribution >= 4 is 17.4 Å². The topological polar surface area (TPSA) is 138 Å². The van der Waals surface area contributed by atoms with Crippen LogP contribution in [0, 0.1) is 5.82 Å². The highest BCUT2D eigenvalue weighted by molar-refractivity contribution is 5.93. The van der Waals surface area contributed by atoms with Gasteiger partial charge in [0.25, 0.3) is 0 Å². The molecule has 10 nitrogen and oxygen atoms in total. The largest absolute Gasteiger partial charge is 0.382 e. The third-order valence-electron chi connectivity index (χ3n) is 6.19. The number of nitrogens with one attached hydrogen (secondary N) is 1. The van der Waals surface area contributed by atoms with Crippen LogP contribution < -0.4 is 11.1 Å². The number of aromatic nitrogens is 6. The summed E-state index contributed by atoms with van der Waals surface area (Å²) >= 11 is 0. The van der Waals surface area contributed by atoms with E-state index in [-0.39, 0.29) is 29.8 Å². The molecule has 0 saturated heterocycles. The van der Waals surface area contributed by atoms with E-state index in [2.05, 4.69) is 37.4 Å². The molecular formula is C27H33FN8O2. The van der Waals surface area contributed by atoms with Crippen molar-refractivity contribution in [1.29, 1.82) is 0 Å². The zero-order valence-corrected chi connectivity index (χ0v) is 21.6. The van der Waals surface area contributed by atoms with Crippen LogP contribution in [0.25, 0.3) is 22.9 Å². The molecule has 0 aliphatic heterocycles. The third-order valence-corrected chi connectivity index (χ3v) is 6.19. The van der Waals surface area contributed by atoms with Gasteiger partial charge in [0.2, 0.25) is 5.91 Å². The Labute approximate surface area is 220 Å². The van der Waals surface area contributed by atoms with Crippen molar-refractivity contribution in [2.75, 3.05) is 11.1 Å². The first-order chi connectivity index (χ1) is 18.5. The molecule has 3 N–H and O–H groups in total. The predicted octanol–water partition coefficient (Wildman–Crippen LogP) is 5.63. The van der Waals surface area contributed by atoms with Crippen molar-refractivity contribution in [2.45, 2.75) is 71.3 Å². The van der Waals surface area contributed by atoms with Gasteiger partial charge >= 0.3 is 0 Å². The Morgan fingerprint density at radius 1 is 1.08 bits per heavy atom. The summed E-state index contributed by atoms with van der Waals surface area (Å²) in [5.41, 5.74) is 8.20. The van der Waals surface area contributed by atoms with Crippen LogP contribution in [0.3, 0.4) is 0 Å². The number of hydrogen-bond acceptors (Lipinski definition) is 8. The maximum atomic E-state index is 14.2. The second kappa shape index (κ2) is 13.4. The number of pyridine rings is 1. The summed E-state index contributed by atoms with van der Waals surface area (Å²) in [4.78, 5) is 25.2. The van der Waals surface area contributed by atoms with Gasteiger partial charge in [-0.15, -0.1) is 0 Å². The molecule has 11 heteroatoms. The van der Waals surface area contributed by atoms with Gasteiger partial charge < -0.3 is 15.6 Å². The molecule has 4 heterocycles. The molecule has 4 rings (SSSR count). The van der Waals surface area contributed by atoms with Gasteiger partial charge in [0.05, 0.1) is 24.1 Å². The molecule has 0 aliphatic rings. The van der Waals surface area contributed by atoms with Crippen LogP contribution in [0.4, 0.5) is 15.9 Å². The second-order valence-corrected chi connectivity index (χ2v) is 9.15. The molecule has 0 radical (unpaired) electrons. The van der Waals surface area contributed by atoms with Gasteiger partial charge in [0, 0.05) is 18.7 Å². The molecule has 0 aliphatic carbocycles. The van der Waals surface area contributed by atoms with Gasteiger partial charge in [-0.3, -0.25) is 14.5 Å². The Balaban J connectivity index is 1.40. The lowest BCUT2D eigenvalue weighted by Gasteiger charge is -2.08. The van der Waals surface area contributed by atoms with Crippen LogP contribution >= 0.6 is 0 Å². The monoisotopic (exact) mass is 520 g/mol. The summed E-state index contributed by atoms with van der Waals surface area (Å²) in [7, 11) is 0. The molecule has 0 aromatic carbocycles. The van der Waals surface area contributed by atoms with Crippen molar-refractivity contribution < 1.29 is 13.7 Å². The first kappa shape index (κ1) is 26.9. The molecule has 0 bridgehead atoms. The number of nitrogens with two attached hydrogens (primary N) is 1. The fraction of sp³-hybridized carbons (Fsp3) is 0.407. The number of rotatable bonds is 14. The van der Waals surface area contributed by atoms with Crippen molar-refractivity contribution in [3.8, 4) is 22.9 Å². The molecule has 0 saturated carbocycles. The summed E-state index contributed by atoms with van der Waals surface area (Å²) in [6.45, 7) is 2.28. The van der Waals surface area contributed by atoms with Gasteiger partial charge in [0.15, 0.2) is 11.6 Å². The van der Waals surface area contributed by atoms with Crippen LogP contribution in [0.1, 0.15) is 70.4 Å². The molecule has 38 heavy (non-hydrogen) atoms. The number of amides is 1. The number of anilines is 2. The van der Waals surface area contributed by atoms with E-state index < -0.39 is 5.82 Å². The van der Waals surface area contributed by atoms with E-state index in [0.29, 0.717) is 29.2 Å². The lowest BCUT2D eigenvalue weighted by Crippen LogP contribution is -2.14. The highest BCUT2D eigenvalue weighted by atomic mass is 19.1. The molecule has 0 spiro atoms. The van der Waals surface area contributed by atoms with E-state index in [1.54, 1.807) is 16.8 Å². The summed E-state index contributed by atoms with van der Waals surface area (Å²) in [5, 5.41) is 11.3. The minimum Gasteiger partial charge on any atom is -0.382 e. The van der Waals surface area contributed by atoms with E-state index in [1.165, 1.54) is 62.9 Å². The SMILES string of the molecule is CCCCCCCCCCC(=O)Nc1cnc(-c2cc(-c3ccon3)n(Cc3ncccc3F)n2)nc1N. The van der Waals surface area contributed by atoms with Gasteiger partial charge in [-0.1, -0.05) is 57.0 Å². The summed E-state index contributed by atoms with van der Waals surface area (Å²) < 4.78 is 20.8. The minimum absolute atomic E-state index is 0.0667. The standard InChI is InChI=1S/C27H33FN8O2/c1-2-3-4-5-6-7-8-9-12-25(37)32-22-17-31-27(33-26(22)29)21-16-24(20-13-15-38-35-20)36(34-21)18-23-19(28)11-10-14-30-23/h10-11,13-17H,2-9,12,18H2,1H3,(H,32,37)(H2,29,31,33). The Kier molecular flexibility index (Phi) is 9.49. The second-order valence-electron chi connectivity index (χ2n) is 9.15. The zero-order valence-electron chi connectivity index (χ0n) is 21.6. The van der Waals surface area contributed by atoms with Crippen LogP contribution in [-0.4, -0.2) is 35.8 Å². The van der Waals surface area contributed by atoms with Crippen LogP contribution in [0.2, 0.25) is 0 Å². The van der Waals surface area contributed by atoms with Gasteiger partial charge in [0.1, 0.15) is 29.2 Å². The van der Waals surface area contributed by atoms with E-state index in [0.717, 1.165) is 19.3 Å². The number of nitrogens with zero attached hydrogens (tertiary/aromatic N) is 6. The van der Waals surface area contributed by atoms with Crippen molar-refractivity contribution in [2.24, 2.45) is 0 Å². The molecule has 0 unspecified atom stereocenters.